The van der Waals surface area contributed by atoms with E-state index in [2.05, 4.69) is 34.0 Å². The molecule has 3 rings (SSSR count). The normalized spacial score (nSPS) is 23.0. The van der Waals surface area contributed by atoms with Crippen molar-refractivity contribution in [1.29, 1.82) is 0 Å². The summed E-state index contributed by atoms with van der Waals surface area (Å²) in [6.07, 6.45) is 4.44. The molecule has 14 heavy (non-hydrogen) atoms. The Hall–Kier alpha value is -1.51. The third-order valence-corrected chi connectivity index (χ3v) is 2.92. The van der Waals surface area contributed by atoms with E-state index in [1.165, 1.54) is 24.1 Å². The fraction of sp³-hybridized carbons (Fsp3) is 0.364. The van der Waals surface area contributed by atoms with Crippen LogP contribution in [0.25, 0.3) is 0 Å². The topological polar surface area (TPSA) is 36.4 Å². The quantitative estimate of drug-likeness (QED) is 0.654. The average molecular weight is 187 g/mol. The van der Waals surface area contributed by atoms with Crippen molar-refractivity contribution in [3.63, 3.8) is 0 Å². The van der Waals surface area contributed by atoms with Gasteiger partial charge < -0.3 is 5.32 Å². The van der Waals surface area contributed by atoms with Gasteiger partial charge in [0, 0.05) is 29.9 Å². The molecule has 72 valence electrons. The van der Waals surface area contributed by atoms with E-state index in [1.807, 2.05) is 6.21 Å². The van der Waals surface area contributed by atoms with Gasteiger partial charge in [-0.05, 0) is 25.0 Å². The summed E-state index contributed by atoms with van der Waals surface area (Å²) in [6, 6.07) is 6.31. The summed E-state index contributed by atoms with van der Waals surface area (Å²) in [6.45, 7) is 1.07. The molecule has 1 atom stereocenters. The van der Waals surface area contributed by atoms with E-state index in [0.717, 1.165) is 12.2 Å². The molecule has 0 saturated carbocycles. The number of hydrogen-bond donors (Lipinski definition) is 2. The lowest BCUT2D eigenvalue weighted by Gasteiger charge is -2.21. The standard InChI is InChI=1S/C11H13N3/c1-4-9-11-8(3-2-6-12-9)7-13-14-10(11)5-1/h1,4-5,7-8,12,14H,2-3,6H2. The van der Waals surface area contributed by atoms with Gasteiger partial charge in [-0.1, -0.05) is 6.07 Å². The molecule has 1 aromatic carbocycles. The second-order valence-electron chi connectivity index (χ2n) is 3.83. The largest absolute Gasteiger partial charge is 0.385 e. The Bertz CT molecular complexity index is 384. The van der Waals surface area contributed by atoms with Crippen molar-refractivity contribution in [2.45, 2.75) is 18.8 Å². The van der Waals surface area contributed by atoms with Gasteiger partial charge >= 0.3 is 0 Å². The molecule has 0 aliphatic carbocycles. The maximum Gasteiger partial charge on any atom is 0.0620 e. The summed E-state index contributed by atoms with van der Waals surface area (Å²) in [5, 5.41) is 7.65. The highest BCUT2D eigenvalue weighted by atomic mass is 15.3. The van der Waals surface area contributed by atoms with Crippen molar-refractivity contribution >= 4 is 17.6 Å². The first-order valence-electron chi connectivity index (χ1n) is 5.11. The van der Waals surface area contributed by atoms with E-state index in [9.17, 15) is 0 Å². The molecule has 1 aromatic rings. The number of hydrazone groups is 1. The lowest BCUT2D eigenvalue weighted by atomic mass is 9.93. The minimum absolute atomic E-state index is 0.498. The van der Waals surface area contributed by atoms with Gasteiger partial charge in [-0.3, -0.25) is 5.43 Å². The van der Waals surface area contributed by atoms with Crippen LogP contribution in [-0.2, 0) is 0 Å². The molecular weight excluding hydrogens is 174 g/mol. The summed E-state index contributed by atoms with van der Waals surface area (Å²) in [4.78, 5) is 0. The SMILES string of the molecule is C1=NNc2cccc3c2C1CCCN3. The third kappa shape index (κ3) is 1.09. The van der Waals surface area contributed by atoms with Gasteiger partial charge in [-0.15, -0.1) is 0 Å². The molecule has 0 bridgehead atoms. The molecule has 1 unspecified atom stereocenters. The third-order valence-electron chi connectivity index (χ3n) is 2.92. The van der Waals surface area contributed by atoms with Gasteiger partial charge in [0.1, 0.15) is 0 Å². The maximum absolute atomic E-state index is 4.18. The van der Waals surface area contributed by atoms with Crippen molar-refractivity contribution in [3.05, 3.63) is 23.8 Å². The highest BCUT2D eigenvalue weighted by Crippen LogP contribution is 2.37. The first-order chi connectivity index (χ1) is 6.95. The highest BCUT2D eigenvalue weighted by Gasteiger charge is 2.22. The van der Waals surface area contributed by atoms with Crippen LogP contribution >= 0.6 is 0 Å². The molecule has 0 amide bonds. The number of hydrogen-bond acceptors (Lipinski definition) is 3. The van der Waals surface area contributed by atoms with E-state index >= 15 is 0 Å². The maximum atomic E-state index is 4.18. The zero-order valence-electron chi connectivity index (χ0n) is 7.96. The second-order valence-corrected chi connectivity index (χ2v) is 3.83. The molecule has 0 aromatic heterocycles. The fourth-order valence-electron chi connectivity index (χ4n) is 2.25. The Morgan fingerprint density at radius 3 is 3.21 bits per heavy atom. The molecule has 2 N–H and O–H groups in total. The number of nitrogens with zero attached hydrogens (tertiary/aromatic N) is 1. The van der Waals surface area contributed by atoms with Gasteiger partial charge in [0.2, 0.25) is 0 Å². The molecule has 0 saturated heterocycles. The van der Waals surface area contributed by atoms with Crippen LogP contribution in [0.5, 0.6) is 0 Å². The van der Waals surface area contributed by atoms with Gasteiger partial charge in [0.25, 0.3) is 0 Å². The van der Waals surface area contributed by atoms with Gasteiger partial charge in [-0.25, -0.2) is 0 Å². The molecule has 2 heterocycles. The van der Waals surface area contributed by atoms with E-state index < -0.39 is 0 Å². The molecule has 0 spiro atoms. The molecule has 0 radical (unpaired) electrons. The summed E-state index contributed by atoms with van der Waals surface area (Å²) in [7, 11) is 0. The molecule has 3 nitrogen and oxygen atoms in total. The monoisotopic (exact) mass is 187 g/mol. The van der Waals surface area contributed by atoms with Crippen LogP contribution in [0, 0.1) is 0 Å². The van der Waals surface area contributed by atoms with Crippen LogP contribution in [0.1, 0.15) is 24.3 Å². The first kappa shape index (κ1) is 7.85. The molecule has 0 fully saturated rings. The molecule has 3 heteroatoms. The summed E-state index contributed by atoms with van der Waals surface area (Å²) in [5.74, 6) is 0.498. The number of anilines is 2. The van der Waals surface area contributed by atoms with E-state index in [0.29, 0.717) is 5.92 Å². The van der Waals surface area contributed by atoms with Crippen LogP contribution in [0.4, 0.5) is 11.4 Å². The van der Waals surface area contributed by atoms with Crippen LogP contribution in [0.3, 0.4) is 0 Å². The number of benzene rings is 1. The van der Waals surface area contributed by atoms with Gasteiger partial charge in [0.15, 0.2) is 0 Å². The Kier molecular flexibility index (Phi) is 1.69. The number of rotatable bonds is 0. The van der Waals surface area contributed by atoms with E-state index in [1.54, 1.807) is 0 Å². The van der Waals surface area contributed by atoms with Gasteiger partial charge in [0.05, 0.1) is 5.69 Å². The Morgan fingerprint density at radius 2 is 2.21 bits per heavy atom. The zero-order chi connectivity index (χ0) is 9.38. The minimum atomic E-state index is 0.498. The predicted octanol–water partition coefficient (Wildman–Crippen LogP) is 2.39. The Balaban J connectivity index is 2.18. The van der Waals surface area contributed by atoms with Gasteiger partial charge in [-0.2, -0.15) is 5.10 Å². The lowest BCUT2D eigenvalue weighted by molar-refractivity contribution is 0.745. The van der Waals surface area contributed by atoms with Crippen LogP contribution in [0.2, 0.25) is 0 Å². The lowest BCUT2D eigenvalue weighted by Crippen LogP contribution is -2.10. The molecular formula is C11H13N3. The zero-order valence-corrected chi connectivity index (χ0v) is 7.96. The van der Waals surface area contributed by atoms with E-state index in [-0.39, 0.29) is 0 Å². The summed E-state index contributed by atoms with van der Waals surface area (Å²) >= 11 is 0. The molecule has 2 aliphatic heterocycles. The summed E-state index contributed by atoms with van der Waals surface area (Å²) < 4.78 is 0. The first-order valence-corrected chi connectivity index (χ1v) is 5.11. The molecule has 2 aliphatic rings. The van der Waals surface area contributed by atoms with Crippen molar-refractivity contribution in [2.24, 2.45) is 5.10 Å². The second kappa shape index (κ2) is 3.01. The van der Waals surface area contributed by atoms with Crippen molar-refractivity contribution in [1.82, 2.24) is 0 Å². The smallest absolute Gasteiger partial charge is 0.0620 e. The Morgan fingerprint density at radius 1 is 1.29 bits per heavy atom. The van der Waals surface area contributed by atoms with Crippen LogP contribution < -0.4 is 10.7 Å². The minimum Gasteiger partial charge on any atom is -0.385 e. The summed E-state index contributed by atoms with van der Waals surface area (Å²) in [5.41, 5.74) is 6.87. The van der Waals surface area contributed by atoms with Crippen molar-refractivity contribution < 1.29 is 0 Å². The number of nitrogens with one attached hydrogen (secondary N) is 2. The van der Waals surface area contributed by atoms with E-state index in [4.69, 9.17) is 0 Å². The Labute approximate surface area is 83.2 Å². The van der Waals surface area contributed by atoms with Crippen LogP contribution in [-0.4, -0.2) is 12.8 Å². The average Bonchev–Trinajstić information content (AvgIpc) is 2.44. The van der Waals surface area contributed by atoms with Crippen LogP contribution in [0.15, 0.2) is 23.3 Å². The highest BCUT2D eigenvalue weighted by molar-refractivity contribution is 5.82. The van der Waals surface area contributed by atoms with Crippen molar-refractivity contribution in [2.75, 3.05) is 17.3 Å². The fourth-order valence-corrected chi connectivity index (χ4v) is 2.25. The van der Waals surface area contributed by atoms with Crippen molar-refractivity contribution in [3.8, 4) is 0 Å². The predicted molar refractivity (Wildman–Crippen MR) is 59.0 cm³/mol.